The Hall–Kier alpha value is -0.290. The van der Waals surface area contributed by atoms with Gasteiger partial charge in [0.05, 0.1) is 5.92 Å². The van der Waals surface area contributed by atoms with Crippen LogP contribution in [0.25, 0.3) is 0 Å². The van der Waals surface area contributed by atoms with Crippen LogP contribution in [0.1, 0.15) is 64.7 Å². The van der Waals surface area contributed by atoms with Crippen molar-refractivity contribution in [3.63, 3.8) is 0 Å². The Morgan fingerprint density at radius 1 is 1.05 bits per heavy atom. The van der Waals surface area contributed by atoms with Crippen molar-refractivity contribution in [3.05, 3.63) is 0 Å². The van der Waals surface area contributed by atoms with Crippen LogP contribution in [0, 0.1) is 23.7 Å². The highest BCUT2D eigenvalue weighted by atomic mass is 19.4. The molecule has 0 amide bonds. The van der Waals surface area contributed by atoms with Crippen molar-refractivity contribution < 1.29 is 13.2 Å². The van der Waals surface area contributed by atoms with Gasteiger partial charge in [-0.25, -0.2) is 0 Å². The number of nitrogens with two attached hydrogens (primary N) is 1. The number of halogens is 3. The van der Waals surface area contributed by atoms with Crippen LogP contribution in [0.15, 0.2) is 0 Å². The molecule has 2 aliphatic carbocycles. The van der Waals surface area contributed by atoms with E-state index in [0.717, 1.165) is 6.42 Å². The van der Waals surface area contributed by atoms with E-state index >= 15 is 0 Å². The normalized spacial score (nSPS) is 36.4. The molecule has 2 aliphatic rings. The molecule has 0 bridgehead atoms. The second kappa shape index (κ2) is 7.32. The molecule has 2 nitrogen and oxygen atoms in total. The fourth-order valence-electron chi connectivity index (χ4n) is 4.63. The number of alkyl halides is 3. The predicted octanol–water partition coefficient (Wildman–Crippen LogP) is 4.40. The van der Waals surface area contributed by atoms with Crippen molar-refractivity contribution in [3.8, 4) is 0 Å². The summed E-state index contributed by atoms with van der Waals surface area (Å²) in [5.41, 5.74) is 2.98. The van der Waals surface area contributed by atoms with Gasteiger partial charge in [-0.1, -0.05) is 32.6 Å². The van der Waals surface area contributed by atoms with Gasteiger partial charge in [-0.3, -0.25) is 11.3 Å². The van der Waals surface area contributed by atoms with E-state index in [4.69, 9.17) is 5.84 Å². The highest BCUT2D eigenvalue weighted by Crippen LogP contribution is 2.44. The van der Waals surface area contributed by atoms with Crippen LogP contribution in [-0.2, 0) is 0 Å². The zero-order valence-corrected chi connectivity index (χ0v) is 13.0. The summed E-state index contributed by atoms with van der Waals surface area (Å²) in [6.07, 6.45) is 3.94. The topological polar surface area (TPSA) is 38.0 Å². The second-order valence-corrected chi connectivity index (χ2v) is 6.96. The van der Waals surface area contributed by atoms with Crippen LogP contribution in [0.2, 0.25) is 0 Å². The molecule has 0 radical (unpaired) electrons. The number of hydrazine groups is 1. The van der Waals surface area contributed by atoms with Crippen LogP contribution in [0.4, 0.5) is 13.2 Å². The lowest BCUT2D eigenvalue weighted by atomic mass is 9.67. The minimum atomic E-state index is -4.02. The molecule has 3 atom stereocenters. The quantitative estimate of drug-likeness (QED) is 0.596. The molecule has 0 aromatic carbocycles. The average molecular weight is 306 g/mol. The van der Waals surface area contributed by atoms with Gasteiger partial charge >= 0.3 is 6.18 Å². The van der Waals surface area contributed by atoms with E-state index in [1.165, 1.54) is 25.7 Å². The standard InChI is InChI=1S/C16H29F3N2/c1-2-11-5-3-4-6-14(11)15(21-20)12-7-9-13(10-8-12)16(17,18)19/h11-15,21H,2-10,20H2,1H3. The van der Waals surface area contributed by atoms with E-state index in [2.05, 4.69) is 12.3 Å². The Bertz CT molecular complexity index is 311. The largest absolute Gasteiger partial charge is 0.391 e. The first kappa shape index (κ1) is 17.1. The molecule has 0 spiro atoms. The zero-order chi connectivity index (χ0) is 15.5. The van der Waals surface area contributed by atoms with Crippen molar-refractivity contribution in [1.82, 2.24) is 5.43 Å². The van der Waals surface area contributed by atoms with Crippen molar-refractivity contribution >= 4 is 0 Å². The van der Waals surface area contributed by atoms with E-state index < -0.39 is 12.1 Å². The van der Waals surface area contributed by atoms with Gasteiger partial charge in [-0.15, -0.1) is 0 Å². The van der Waals surface area contributed by atoms with E-state index in [1.807, 2.05) is 0 Å². The fourth-order valence-corrected chi connectivity index (χ4v) is 4.63. The van der Waals surface area contributed by atoms with E-state index in [0.29, 0.717) is 30.6 Å². The summed E-state index contributed by atoms with van der Waals surface area (Å²) >= 11 is 0. The van der Waals surface area contributed by atoms with Gasteiger partial charge < -0.3 is 0 Å². The molecule has 3 unspecified atom stereocenters. The molecule has 0 aliphatic heterocycles. The maximum Gasteiger partial charge on any atom is 0.391 e. The lowest BCUT2D eigenvalue weighted by Crippen LogP contribution is -2.50. The van der Waals surface area contributed by atoms with Crippen LogP contribution in [-0.4, -0.2) is 12.2 Å². The average Bonchev–Trinajstić information content (AvgIpc) is 2.48. The highest BCUT2D eigenvalue weighted by Gasteiger charge is 2.44. The smallest absolute Gasteiger partial charge is 0.271 e. The zero-order valence-electron chi connectivity index (χ0n) is 13.0. The molecule has 21 heavy (non-hydrogen) atoms. The Morgan fingerprint density at radius 3 is 2.19 bits per heavy atom. The summed E-state index contributed by atoms with van der Waals surface area (Å²) in [5, 5.41) is 0. The van der Waals surface area contributed by atoms with Crippen LogP contribution in [0.5, 0.6) is 0 Å². The second-order valence-electron chi connectivity index (χ2n) is 6.96. The Kier molecular flexibility index (Phi) is 5.95. The summed E-state index contributed by atoms with van der Waals surface area (Å²) in [5.74, 6) is 6.24. The van der Waals surface area contributed by atoms with E-state index in [1.54, 1.807) is 0 Å². The molecular weight excluding hydrogens is 277 g/mol. The van der Waals surface area contributed by atoms with E-state index in [-0.39, 0.29) is 18.9 Å². The summed E-state index contributed by atoms with van der Waals surface area (Å²) in [6.45, 7) is 2.22. The minimum Gasteiger partial charge on any atom is -0.271 e. The molecule has 0 aromatic rings. The Morgan fingerprint density at radius 2 is 1.67 bits per heavy atom. The molecule has 2 rings (SSSR count). The van der Waals surface area contributed by atoms with Crippen LogP contribution in [0.3, 0.4) is 0 Å². The van der Waals surface area contributed by atoms with Gasteiger partial charge in [-0.05, 0) is 49.9 Å². The lowest BCUT2D eigenvalue weighted by molar-refractivity contribution is -0.184. The van der Waals surface area contributed by atoms with Crippen molar-refractivity contribution in [1.29, 1.82) is 0 Å². The van der Waals surface area contributed by atoms with Crippen LogP contribution < -0.4 is 11.3 Å². The van der Waals surface area contributed by atoms with Crippen LogP contribution >= 0.6 is 0 Å². The lowest BCUT2D eigenvalue weighted by Gasteiger charge is -2.42. The number of hydrogen-bond acceptors (Lipinski definition) is 2. The van der Waals surface area contributed by atoms with Gasteiger partial charge in [0.15, 0.2) is 0 Å². The Labute approximate surface area is 126 Å². The third kappa shape index (κ3) is 4.13. The van der Waals surface area contributed by atoms with Gasteiger partial charge in [0.1, 0.15) is 0 Å². The molecule has 124 valence electrons. The third-order valence-electron chi connectivity index (χ3n) is 5.89. The van der Waals surface area contributed by atoms with E-state index in [9.17, 15) is 13.2 Å². The monoisotopic (exact) mass is 306 g/mol. The van der Waals surface area contributed by atoms with Crippen molar-refractivity contribution in [2.75, 3.05) is 0 Å². The number of nitrogens with one attached hydrogen (secondary N) is 1. The first-order chi connectivity index (χ1) is 9.97. The SMILES string of the molecule is CCC1CCCCC1C(NN)C1CCC(C(F)(F)F)CC1. The number of hydrogen-bond donors (Lipinski definition) is 2. The third-order valence-corrected chi connectivity index (χ3v) is 5.89. The first-order valence-corrected chi connectivity index (χ1v) is 8.50. The maximum absolute atomic E-state index is 12.8. The van der Waals surface area contributed by atoms with Gasteiger partial charge in [-0.2, -0.15) is 13.2 Å². The molecular formula is C16H29F3N2. The molecule has 2 fully saturated rings. The predicted molar refractivity (Wildman–Crippen MR) is 78.4 cm³/mol. The molecule has 3 N–H and O–H groups in total. The summed E-state index contributed by atoms with van der Waals surface area (Å²) in [6, 6.07) is 0.199. The Balaban J connectivity index is 1.96. The molecule has 2 saturated carbocycles. The summed E-state index contributed by atoms with van der Waals surface area (Å²) < 4.78 is 38.3. The molecule has 0 saturated heterocycles. The van der Waals surface area contributed by atoms with Gasteiger partial charge in [0, 0.05) is 6.04 Å². The summed E-state index contributed by atoms with van der Waals surface area (Å²) in [7, 11) is 0. The molecule has 0 heterocycles. The minimum absolute atomic E-state index is 0.199. The van der Waals surface area contributed by atoms with Crippen molar-refractivity contribution in [2.24, 2.45) is 29.5 Å². The maximum atomic E-state index is 12.8. The number of rotatable bonds is 4. The first-order valence-electron chi connectivity index (χ1n) is 8.50. The summed E-state index contributed by atoms with van der Waals surface area (Å²) in [4.78, 5) is 0. The van der Waals surface area contributed by atoms with Gasteiger partial charge in [0.25, 0.3) is 0 Å². The fraction of sp³-hybridized carbons (Fsp3) is 1.00. The van der Waals surface area contributed by atoms with Gasteiger partial charge in [0.2, 0.25) is 0 Å². The molecule has 0 aromatic heterocycles. The highest BCUT2D eigenvalue weighted by molar-refractivity contribution is 4.90. The molecule has 5 heteroatoms. The van der Waals surface area contributed by atoms with Crippen molar-refractivity contribution in [2.45, 2.75) is 76.9 Å².